The van der Waals surface area contributed by atoms with Gasteiger partial charge in [-0.3, -0.25) is 9.59 Å². The van der Waals surface area contributed by atoms with E-state index in [0.29, 0.717) is 18.1 Å². The minimum atomic E-state index is -0.206. The Kier molecular flexibility index (Phi) is 10.5. The zero-order valence-corrected chi connectivity index (χ0v) is 12.9. The lowest BCUT2D eigenvalue weighted by atomic mass is 9.92. The molecule has 0 aliphatic carbocycles. The Hall–Kier alpha value is -0.860. The van der Waals surface area contributed by atoms with E-state index in [4.69, 9.17) is 5.73 Å². The number of ketones is 1. The summed E-state index contributed by atoms with van der Waals surface area (Å²) in [6.07, 6.45) is 8.25. The largest absolute Gasteiger partial charge is 0.369 e. The van der Waals surface area contributed by atoms with E-state index in [-0.39, 0.29) is 11.8 Å². The van der Waals surface area contributed by atoms with E-state index in [1.807, 2.05) is 6.92 Å². The third-order valence-electron chi connectivity index (χ3n) is 3.94. The summed E-state index contributed by atoms with van der Waals surface area (Å²) in [5.74, 6) is 0.723. The maximum absolute atomic E-state index is 11.8. The SMILES string of the molecule is CCC[C@H](CC)CC(=O)CCCC[C@@H](CC)C(N)=O. The van der Waals surface area contributed by atoms with Crippen molar-refractivity contribution in [2.45, 2.75) is 78.6 Å². The van der Waals surface area contributed by atoms with Crippen LogP contribution in [0, 0.1) is 11.8 Å². The average Bonchev–Trinajstić information content (AvgIpc) is 2.37. The highest BCUT2D eigenvalue weighted by molar-refractivity contribution is 5.78. The fourth-order valence-corrected chi connectivity index (χ4v) is 2.54. The Labute approximate surface area is 118 Å². The molecule has 0 spiro atoms. The van der Waals surface area contributed by atoms with Crippen molar-refractivity contribution >= 4 is 11.7 Å². The number of hydrogen-bond acceptors (Lipinski definition) is 2. The molecule has 112 valence electrons. The van der Waals surface area contributed by atoms with Crippen LogP contribution in [0.2, 0.25) is 0 Å². The van der Waals surface area contributed by atoms with Crippen LogP contribution in [0.3, 0.4) is 0 Å². The third kappa shape index (κ3) is 8.79. The molecule has 0 fully saturated rings. The fourth-order valence-electron chi connectivity index (χ4n) is 2.54. The van der Waals surface area contributed by atoms with Crippen molar-refractivity contribution in [2.75, 3.05) is 0 Å². The van der Waals surface area contributed by atoms with Crippen LogP contribution in [0.5, 0.6) is 0 Å². The van der Waals surface area contributed by atoms with Gasteiger partial charge in [-0.25, -0.2) is 0 Å². The average molecular weight is 269 g/mol. The monoisotopic (exact) mass is 269 g/mol. The molecule has 3 nitrogen and oxygen atoms in total. The molecule has 2 atom stereocenters. The van der Waals surface area contributed by atoms with Gasteiger partial charge in [-0.05, 0) is 25.2 Å². The Morgan fingerprint density at radius 1 is 1.00 bits per heavy atom. The Morgan fingerprint density at radius 2 is 1.68 bits per heavy atom. The number of hydrogen-bond donors (Lipinski definition) is 1. The lowest BCUT2D eigenvalue weighted by Gasteiger charge is -2.13. The van der Waals surface area contributed by atoms with Crippen molar-refractivity contribution in [2.24, 2.45) is 17.6 Å². The van der Waals surface area contributed by atoms with Crippen molar-refractivity contribution in [3.63, 3.8) is 0 Å². The molecule has 2 N–H and O–H groups in total. The summed E-state index contributed by atoms with van der Waals surface area (Å²) in [5, 5.41) is 0. The van der Waals surface area contributed by atoms with Gasteiger partial charge in [-0.2, -0.15) is 0 Å². The Balaban J connectivity index is 3.76. The van der Waals surface area contributed by atoms with Crippen molar-refractivity contribution in [1.29, 1.82) is 0 Å². The highest BCUT2D eigenvalue weighted by atomic mass is 16.1. The van der Waals surface area contributed by atoms with Crippen LogP contribution in [-0.4, -0.2) is 11.7 Å². The van der Waals surface area contributed by atoms with Gasteiger partial charge in [-0.15, -0.1) is 0 Å². The van der Waals surface area contributed by atoms with Gasteiger partial charge in [0.05, 0.1) is 0 Å². The predicted molar refractivity (Wildman–Crippen MR) is 79.8 cm³/mol. The summed E-state index contributed by atoms with van der Waals surface area (Å²) in [6.45, 7) is 6.31. The molecule has 1 amide bonds. The first kappa shape index (κ1) is 18.1. The quantitative estimate of drug-likeness (QED) is 0.547. The first-order valence-corrected chi connectivity index (χ1v) is 7.86. The van der Waals surface area contributed by atoms with Crippen LogP contribution in [0.4, 0.5) is 0 Å². The molecule has 0 aromatic heterocycles. The maximum Gasteiger partial charge on any atom is 0.220 e. The molecular weight excluding hydrogens is 238 g/mol. The van der Waals surface area contributed by atoms with Crippen molar-refractivity contribution in [1.82, 2.24) is 0 Å². The summed E-state index contributed by atoms with van der Waals surface area (Å²) in [5.41, 5.74) is 5.30. The summed E-state index contributed by atoms with van der Waals surface area (Å²) < 4.78 is 0. The van der Waals surface area contributed by atoms with Crippen LogP contribution >= 0.6 is 0 Å². The summed E-state index contributed by atoms with van der Waals surface area (Å²) in [6, 6.07) is 0. The van der Waals surface area contributed by atoms with Gasteiger partial charge in [0.2, 0.25) is 5.91 Å². The molecule has 0 bridgehead atoms. The van der Waals surface area contributed by atoms with E-state index in [9.17, 15) is 9.59 Å². The minimum Gasteiger partial charge on any atom is -0.369 e. The highest BCUT2D eigenvalue weighted by Gasteiger charge is 2.14. The minimum absolute atomic E-state index is 0.0152. The van der Waals surface area contributed by atoms with Crippen molar-refractivity contribution in [3.05, 3.63) is 0 Å². The number of carbonyl (C=O) groups is 2. The molecule has 19 heavy (non-hydrogen) atoms. The zero-order valence-electron chi connectivity index (χ0n) is 12.9. The molecule has 0 aromatic carbocycles. The first-order valence-electron chi connectivity index (χ1n) is 7.86. The molecule has 0 aliphatic rings. The van der Waals surface area contributed by atoms with Gasteiger partial charge in [0, 0.05) is 18.8 Å². The van der Waals surface area contributed by atoms with E-state index in [1.54, 1.807) is 0 Å². The van der Waals surface area contributed by atoms with E-state index in [0.717, 1.165) is 51.4 Å². The molecule has 0 aliphatic heterocycles. The molecule has 0 aromatic rings. The number of rotatable bonds is 12. The number of carbonyl (C=O) groups excluding carboxylic acids is 2. The lowest BCUT2D eigenvalue weighted by molar-refractivity contribution is -0.122. The maximum atomic E-state index is 11.8. The highest BCUT2D eigenvalue weighted by Crippen LogP contribution is 2.18. The van der Waals surface area contributed by atoms with E-state index in [1.165, 1.54) is 0 Å². The van der Waals surface area contributed by atoms with Gasteiger partial charge < -0.3 is 5.73 Å². The zero-order chi connectivity index (χ0) is 14.7. The molecule has 0 heterocycles. The third-order valence-corrected chi connectivity index (χ3v) is 3.94. The molecule has 0 saturated carbocycles. The molecule has 0 unspecified atom stereocenters. The summed E-state index contributed by atoms with van der Waals surface area (Å²) in [4.78, 5) is 22.9. The van der Waals surface area contributed by atoms with Gasteiger partial charge in [0.25, 0.3) is 0 Å². The fraction of sp³-hybridized carbons (Fsp3) is 0.875. The first-order chi connectivity index (χ1) is 9.04. The number of primary amides is 1. The normalized spacial score (nSPS) is 14.1. The second kappa shape index (κ2) is 11.0. The van der Waals surface area contributed by atoms with Gasteiger partial charge in [-0.1, -0.05) is 46.5 Å². The van der Waals surface area contributed by atoms with E-state index < -0.39 is 0 Å². The van der Waals surface area contributed by atoms with Crippen LogP contribution in [0.25, 0.3) is 0 Å². The summed E-state index contributed by atoms with van der Waals surface area (Å²) >= 11 is 0. The smallest absolute Gasteiger partial charge is 0.220 e. The van der Waals surface area contributed by atoms with Crippen LogP contribution in [0.1, 0.15) is 78.6 Å². The van der Waals surface area contributed by atoms with E-state index >= 15 is 0 Å². The molecule has 3 heteroatoms. The molecule has 0 rings (SSSR count). The van der Waals surface area contributed by atoms with E-state index in [2.05, 4.69) is 13.8 Å². The van der Waals surface area contributed by atoms with Gasteiger partial charge >= 0.3 is 0 Å². The van der Waals surface area contributed by atoms with Gasteiger partial charge in [0.1, 0.15) is 5.78 Å². The lowest BCUT2D eigenvalue weighted by Crippen LogP contribution is -2.22. The number of Topliss-reactive ketones (excluding diaryl/α,β-unsaturated/α-hetero) is 1. The molecule has 0 saturated heterocycles. The number of unbranched alkanes of at least 4 members (excludes halogenated alkanes) is 1. The standard InChI is InChI=1S/C16H31NO2/c1-4-9-13(5-2)12-15(18)11-8-7-10-14(6-3)16(17)19/h13-14H,4-12H2,1-3H3,(H2,17,19)/t13-,14+/m0/s1. The van der Waals surface area contributed by atoms with Crippen LogP contribution < -0.4 is 5.73 Å². The van der Waals surface area contributed by atoms with Gasteiger partial charge in [0.15, 0.2) is 0 Å². The number of amides is 1. The van der Waals surface area contributed by atoms with Crippen molar-refractivity contribution < 1.29 is 9.59 Å². The molecule has 0 radical (unpaired) electrons. The van der Waals surface area contributed by atoms with Crippen LogP contribution in [-0.2, 0) is 9.59 Å². The van der Waals surface area contributed by atoms with Crippen molar-refractivity contribution in [3.8, 4) is 0 Å². The second-order valence-electron chi connectivity index (χ2n) is 5.56. The predicted octanol–water partition coefficient (Wildman–Crippen LogP) is 3.84. The Morgan fingerprint density at radius 3 is 2.16 bits per heavy atom. The number of nitrogens with two attached hydrogens (primary N) is 1. The second-order valence-corrected chi connectivity index (χ2v) is 5.56. The topological polar surface area (TPSA) is 60.2 Å². The summed E-state index contributed by atoms with van der Waals surface area (Å²) in [7, 11) is 0. The molecular formula is C16H31NO2. The Bertz CT molecular complexity index is 263. The van der Waals surface area contributed by atoms with Crippen LogP contribution in [0.15, 0.2) is 0 Å².